The van der Waals surface area contributed by atoms with E-state index in [2.05, 4.69) is 44.3 Å². The molecule has 0 spiro atoms. The zero-order chi connectivity index (χ0) is 18.6. The third-order valence-electron chi connectivity index (χ3n) is 0.440. The van der Waals surface area contributed by atoms with Crippen molar-refractivity contribution in [3.63, 3.8) is 0 Å². The Bertz CT molecular complexity index is 231. The largest absolute Gasteiger partial charge is 2.00 e. The minimum atomic E-state index is -0.181. The van der Waals surface area contributed by atoms with E-state index in [1.807, 2.05) is 0 Å². The van der Waals surface area contributed by atoms with E-state index in [4.69, 9.17) is 39.7 Å². The maximum atomic E-state index is 8.70. The first-order valence-corrected chi connectivity index (χ1v) is 3.96. The molecule has 0 aromatic heterocycles. The van der Waals surface area contributed by atoms with Crippen molar-refractivity contribution >= 4 is 94.7 Å². The van der Waals surface area contributed by atoms with Gasteiger partial charge in [-0.25, -0.2) is 10.5 Å². The van der Waals surface area contributed by atoms with Crippen LogP contribution in [0.25, 0.3) is 0 Å². The number of rotatable bonds is 3. The molecule has 15 N–H and O–H groups in total. The topological polar surface area (TPSA) is 394 Å². The van der Waals surface area contributed by atoms with Crippen molar-refractivity contribution in [1.82, 2.24) is 0 Å². The zero-order valence-electron chi connectivity index (χ0n) is 15.3. The van der Waals surface area contributed by atoms with Gasteiger partial charge in [-0.05, 0) is 13.6 Å². The molecule has 0 aliphatic carbocycles. The Kier molecular flexibility index (Phi) is 285. The summed E-state index contributed by atoms with van der Waals surface area (Å²) in [5.41, 5.74) is 0. The average Bonchev–Trinajstić information content (AvgIpc) is 2.45. The molecule has 2 rings (SSSR count). The van der Waals surface area contributed by atoms with Crippen LogP contribution in [0.3, 0.4) is 0 Å². The fourth-order valence-corrected chi connectivity index (χ4v) is 0.0786. The smallest absolute Gasteiger partial charge is 0.662 e. The molecule has 0 aromatic rings. The third-order valence-corrected chi connectivity index (χ3v) is 0.440. The number of carbonyl (C=O) groups excluding carboxylic acids is 5. The molecule has 25 heteroatoms. The van der Waals surface area contributed by atoms with Crippen LogP contribution in [0.4, 0.5) is 0 Å². The predicted molar refractivity (Wildman–Crippen MR) is 90.2 cm³/mol. The molecule has 0 atom stereocenters. The van der Waals surface area contributed by atoms with Crippen molar-refractivity contribution in [3.05, 3.63) is 13.6 Å². The molecule has 2 fully saturated rings. The van der Waals surface area contributed by atoms with Gasteiger partial charge in [0.05, 0.1) is 0 Å². The van der Waals surface area contributed by atoms with E-state index < -0.39 is 0 Å². The van der Waals surface area contributed by atoms with Crippen molar-refractivity contribution in [3.8, 4) is 0 Å². The number of hydrogen-bond acceptors (Lipinski definition) is 17. The van der Waals surface area contributed by atoms with Gasteiger partial charge in [-0.1, -0.05) is 0 Å². The van der Waals surface area contributed by atoms with Gasteiger partial charge in [-0.2, -0.15) is 9.59 Å². The maximum Gasteiger partial charge on any atom is 2.00 e. The van der Waals surface area contributed by atoms with Crippen LogP contribution in [0, 0.1) is 13.6 Å². The molecular weight excluding hydrogens is 497 g/mol. The monoisotopic (exact) mass is 520 g/mol. The van der Waals surface area contributed by atoms with E-state index in [1.165, 1.54) is 0 Å². The molecule has 0 unspecified atom stereocenters. The summed E-state index contributed by atoms with van der Waals surface area (Å²) in [7, 11) is 0. The summed E-state index contributed by atoms with van der Waals surface area (Å²) < 4.78 is 0. The van der Waals surface area contributed by atoms with Crippen LogP contribution >= 0.6 is 0 Å². The Morgan fingerprint density at radius 3 is 0.839 bits per heavy atom. The summed E-state index contributed by atoms with van der Waals surface area (Å²) in [6.07, 6.45) is 0.250. The molecule has 2 aliphatic heterocycles. The van der Waals surface area contributed by atoms with E-state index in [0.717, 1.165) is 13.6 Å². The van der Waals surface area contributed by atoms with E-state index in [-0.39, 0.29) is 125 Å². The predicted octanol–water partition coefficient (Wildman–Crippen LogP) is -7.95. The molecule has 2 heterocycles. The summed E-state index contributed by atoms with van der Waals surface area (Å²) in [6.45, 7) is 1.85. The summed E-state index contributed by atoms with van der Waals surface area (Å²) in [5, 5.41) is 29.8. The Hall–Kier alpha value is -0.471. The SMILES string of the molecule is O.O.O=C=O.O=COO.O=COO.O=CO[O-].[CH-]1OOO1.[CH-]1OOO1.[HH].[HH].[Mg+2].[Mg+2].[Mg+2].[OH3+].[OH3+].[OH3+]. The summed E-state index contributed by atoms with van der Waals surface area (Å²) in [6, 6.07) is 0. The molecule has 0 amide bonds. The second kappa shape index (κ2) is 114. The van der Waals surface area contributed by atoms with Crippen LogP contribution in [0.15, 0.2) is 0 Å². The molecule has 180 valence electrons. The fourth-order valence-electron chi connectivity index (χ4n) is 0.0786. The normalized spacial score (nSPS) is 8.48. The molecule has 0 radical (unpaired) electrons. The van der Waals surface area contributed by atoms with E-state index >= 15 is 0 Å². The van der Waals surface area contributed by atoms with Gasteiger partial charge in [0.15, 0.2) is 0 Å². The Morgan fingerprint density at radius 2 is 0.839 bits per heavy atom. The summed E-state index contributed by atoms with van der Waals surface area (Å²) in [4.78, 5) is 66.1. The first kappa shape index (κ1) is 77.5. The Balaban J connectivity index is -0.0000000103. The van der Waals surface area contributed by atoms with Crippen molar-refractivity contribution in [2.45, 2.75) is 0 Å². The molecular formula is C6H24Mg3O22+6. The van der Waals surface area contributed by atoms with E-state index in [1.54, 1.807) is 0 Å². The maximum absolute atomic E-state index is 8.70. The summed E-state index contributed by atoms with van der Waals surface area (Å²) >= 11 is 0. The Morgan fingerprint density at radius 1 is 0.742 bits per heavy atom. The zero-order valence-corrected chi connectivity index (χ0v) is 19.5. The van der Waals surface area contributed by atoms with Gasteiger partial charge in [0, 0.05) is 2.85 Å². The fraction of sp³-hybridized carbons (Fsp3) is 0. The van der Waals surface area contributed by atoms with Gasteiger partial charge in [0.25, 0.3) is 6.47 Å². The van der Waals surface area contributed by atoms with Gasteiger partial charge in [0.1, 0.15) is 0 Å². The standard InChI is InChI=1S/2CHO3.3CH2O3.CO2.3Mg.5H2O.2H2/c2*1-2-4-3-1;3*2-1-4-3;2-1-3;;;;;;;;;;/h2*1H;3*1,3H;;;;;5*1H2;2*1H/q2*-1;;;;;3*+2;;;;;;;/p+2. The second-order valence-electron chi connectivity index (χ2n) is 1.39. The van der Waals surface area contributed by atoms with E-state index in [9.17, 15) is 0 Å². The van der Waals surface area contributed by atoms with Crippen molar-refractivity contribution in [1.29, 1.82) is 0 Å². The molecule has 0 saturated carbocycles. The number of carbonyl (C=O) groups is 3. The van der Waals surface area contributed by atoms with Crippen LogP contribution in [0.1, 0.15) is 2.85 Å². The van der Waals surface area contributed by atoms with Crippen molar-refractivity contribution < 1.29 is 114 Å². The minimum Gasteiger partial charge on any atom is -0.662 e. The van der Waals surface area contributed by atoms with Crippen LogP contribution in [-0.2, 0) is 84.7 Å². The van der Waals surface area contributed by atoms with E-state index in [0.29, 0.717) is 0 Å². The quantitative estimate of drug-likeness (QED) is 0.0868. The second-order valence-corrected chi connectivity index (χ2v) is 1.39. The van der Waals surface area contributed by atoms with Crippen LogP contribution in [0.5, 0.6) is 0 Å². The van der Waals surface area contributed by atoms with Gasteiger partial charge >= 0.3 is 88.3 Å². The Labute approximate surface area is 221 Å². The molecule has 0 aromatic carbocycles. The van der Waals surface area contributed by atoms with Crippen LogP contribution < -0.4 is 5.26 Å². The van der Waals surface area contributed by atoms with Gasteiger partial charge < -0.3 is 66.9 Å². The molecule has 2 saturated heterocycles. The molecule has 31 heavy (non-hydrogen) atoms. The van der Waals surface area contributed by atoms with Gasteiger partial charge in [-0.3, -0.25) is 14.4 Å². The minimum absolute atomic E-state index is 0. The summed E-state index contributed by atoms with van der Waals surface area (Å²) in [5.74, 6) is 0. The number of hydrogen-bond donors (Lipinski definition) is 2. The van der Waals surface area contributed by atoms with Gasteiger partial charge in [-0.15, -0.1) is 10.1 Å². The van der Waals surface area contributed by atoms with Crippen molar-refractivity contribution in [2.24, 2.45) is 0 Å². The van der Waals surface area contributed by atoms with Crippen LogP contribution in [0.2, 0.25) is 0 Å². The van der Waals surface area contributed by atoms with Crippen molar-refractivity contribution in [2.75, 3.05) is 0 Å². The molecule has 2 aliphatic rings. The first-order valence-electron chi connectivity index (χ1n) is 3.96. The molecule has 22 nitrogen and oxygen atoms in total. The third kappa shape index (κ3) is 202. The first-order chi connectivity index (χ1) is 11.2. The van der Waals surface area contributed by atoms with Crippen LogP contribution in [-0.4, -0.2) is 116 Å². The average molecular weight is 521 g/mol. The van der Waals surface area contributed by atoms with Gasteiger partial charge in [0.2, 0.25) is 0 Å². The molecule has 0 bridgehead atoms.